The van der Waals surface area contributed by atoms with E-state index in [1.807, 2.05) is 11.0 Å². The smallest absolute Gasteiger partial charge is 0.317 e. The fourth-order valence-electron chi connectivity index (χ4n) is 4.45. The summed E-state index contributed by atoms with van der Waals surface area (Å²) in [7, 11) is 0. The van der Waals surface area contributed by atoms with Gasteiger partial charge in [-0.25, -0.2) is 4.79 Å². The van der Waals surface area contributed by atoms with Crippen LogP contribution in [0.15, 0.2) is 18.2 Å². The average molecular weight is 393 g/mol. The molecule has 0 bridgehead atoms. The molecule has 2 unspecified atom stereocenters. The van der Waals surface area contributed by atoms with Gasteiger partial charge in [0.25, 0.3) is 0 Å². The van der Waals surface area contributed by atoms with Gasteiger partial charge < -0.3 is 15.1 Å². The quantitative estimate of drug-likeness (QED) is 0.803. The molecular weight excluding hydrogens is 360 g/mol. The number of nitrogens with zero attached hydrogens (tertiary/aromatic N) is 3. The van der Waals surface area contributed by atoms with Crippen LogP contribution in [0.3, 0.4) is 0 Å². The second kappa shape index (κ2) is 9.16. The third kappa shape index (κ3) is 4.88. The van der Waals surface area contributed by atoms with E-state index in [1.54, 1.807) is 0 Å². The van der Waals surface area contributed by atoms with Gasteiger partial charge in [0.05, 0.1) is 0 Å². The third-order valence-corrected chi connectivity index (χ3v) is 6.35. The van der Waals surface area contributed by atoms with E-state index in [9.17, 15) is 4.79 Å². The summed E-state index contributed by atoms with van der Waals surface area (Å²) in [5.41, 5.74) is 2.47. The van der Waals surface area contributed by atoms with Crippen molar-refractivity contribution in [1.29, 1.82) is 0 Å². The monoisotopic (exact) mass is 392 g/mol. The molecule has 1 aromatic rings. The van der Waals surface area contributed by atoms with Crippen molar-refractivity contribution in [1.82, 2.24) is 15.1 Å². The number of benzene rings is 1. The van der Waals surface area contributed by atoms with Crippen molar-refractivity contribution in [2.45, 2.75) is 39.7 Å². The Labute approximate surface area is 168 Å². The first-order valence-electron chi connectivity index (χ1n) is 10.3. The Hall–Kier alpha value is -1.46. The Morgan fingerprint density at radius 2 is 2.00 bits per heavy atom. The highest BCUT2D eigenvalue weighted by Gasteiger charge is 2.30. The zero-order valence-corrected chi connectivity index (χ0v) is 17.6. The molecule has 5 nitrogen and oxygen atoms in total. The van der Waals surface area contributed by atoms with E-state index in [-0.39, 0.29) is 6.03 Å². The SMILES string of the molecule is CCN(CC)C1CCN(C(=O)NCC2CCN(c3cc(Cl)ccc3C)C2)C1. The molecule has 2 saturated heterocycles. The number of hydrogen-bond acceptors (Lipinski definition) is 3. The number of hydrogen-bond donors (Lipinski definition) is 1. The molecule has 6 heteroatoms. The summed E-state index contributed by atoms with van der Waals surface area (Å²) in [5, 5.41) is 3.96. The van der Waals surface area contributed by atoms with Crippen LogP contribution in [0.5, 0.6) is 0 Å². The van der Waals surface area contributed by atoms with Gasteiger partial charge in [-0.15, -0.1) is 0 Å². The average Bonchev–Trinajstić information content (AvgIpc) is 3.33. The van der Waals surface area contributed by atoms with Gasteiger partial charge in [0.1, 0.15) is 0 Å². The maximum Gasteiger partial charge on any atom is 0.317 e. The highest BCUT2D eigenvalue weighted by molar-refractivity contribution is 6.30. The summed E-state index contributed by atoms with van der Waals surface area (Å²) < 4.78 is 0. The summed E-state index contributed by atoms with van der Waals surface area (Å²) in [4.78, 5) is 19.4. The van der Waals surface area contributed by atoms with Crippen LogP contribution in [-0.2, 0) is 0 Å². The number of likely N-dealkylation sites (tertiary alicyclic amines) is 1. The minimum absolute atomic E-state index is 0.0991. The summed E-state index contributed by atoms with van der Waals surface area (Å²) in [6.45, 7) is 13.1. The molecule has 2 fully saturated rings. The molecule has 2 aliphatic rings. The molecule has 0 radical (unpaired) electrons. The molecule has 27 heavy (non-hydrogen) atoms. The second-order valence-corrected chi connectivity index (χ2v) is 8.26. The van der Waals surface area contributed by atoms with Gasteiger partial charge in [-0.1, -0.05) is 31.5 Å². The van der Waals surface area contributed by atoms with Crippen molar-refractivity contribution in [3.8, 4) is 0 Å². The molecule has 0 saturated carbocycles. The predicted molar refractivity (Wildman–Crippen MR) is 113 cm³/mol. The summed E-state index contributed by atoms with van der Waals surface area (Å²) in [5.74, 6) is 0.494. The molecule has 0 aromatic heterocycles. The largest absolute Gasteiger partial charge is 0.371 e. The predicted octanol–water partition coefficient (Wildman–Crippen LogP) is 3.60. The standard InChI is InChI=1S/C21H33ClN4O/c1-4-24(5-2)19-9-11-26(15-19)21(27)23-13-17-8-10-25(14-17)20-12-18(22)7-6-16(20)3/h6-7,12,17,19H,4-5,8-11,13-15H2,1-3H3,(H,23,27). The lowest BCUT2D eigenvalue weighted by Crippen LogP contribution is -2.43. The Balaban J connectivity index is 1.46. The number of carbonyl (C=O) groups excluding carboxylic acids is 1. The molecule has 2 atom stereocenters. The number of rotatable bonds is 6. The number of halogens is 1. The number of carbonyl (C=O) groups is 1. The van der Waals surface area contributed by atoms with Crippen molar-refractivity contribution in [2.75, 3.05) is 50.7 Å². The van der Waals surface area contributed by atoms with E-state index in [0.717, 1.165) is 63.7 Å². The Kier molecular flexibility index (Phi) is 6.88. The maximum absolute atomic E-state index is 12.6. The van der Waals surface area contributed by atoms with E-state index in [4.69, 9.17) is 11.6 Å². The van der Waals surface area contributed by atoms with Crippen molar-refractivity contribution in [3.63, 3.8) is 0 Å². The molecular formula is C21H33ClN4O. The minimum atomic E-state index is 0.0991. The van der Waals surface area contributed by atoms with Crippen molar-refractivity contribution in [3.05, 3.63) is 28.8 Å². The van der Waals surface area contributed by atoms with E-state index in [1.165, 1.54) is 11.3 Å². The molecule has 3 rings (SSSR count). The molecule has 150 valence electrons. The van der Waals surface area contributed by atoms with E-state index < -0.39 is 0 Å². The highest BCUT2D eigenvalue weighted by Crippen LogP contribution is 2.29. The van der Waals surface area contributed by atoms with Crippen LogP contribution in [0.1, 0.15) is 32.3 Å². The Bertz CT molecular complexity index is 649. The molecule has 0 aliphatic carbocycles. The molecule has 2 aliphatic heterocycles. The first kappa shape index (κ1) is 20.3. The Morgan fingerprint density at radius 1 is 1.22 bits per heavy atom. The van der Waals surface area contributed by atoms with Gasteiger partial charge in [-0.2, -0.15) is 0 Å². The van der Waals surface area contributed by atoms with Gasteiger partial charge in [0.2, 0.25) is 0 Å². The summed E-state index contributed by atoms with van der Waals surface area (Å²) in [6, 6.07) is 6.68. The molecule has 0 spiro atoms. The van der Waals surface area contributed by atoms with E-state index in [2.05, 4.69) is 48.0 Å². The molecule has 1 aromatic carbocycles. The number of aryl methyl sites for hydroxylation is 1. The minimum Gasteiger partial charge on any atom is -0.371 e. The lowest BCUT2D eigenvalue weighted by Gasteiger charge is -2.26. The van der Waals surface area contributed by atoms with Gasteiger partial charge in [0, 0.05) is 49.5 Å². The lowest BCUT2D eigenvalue weighted by molar-refractivity contribution is 0.192. The van der Waals surface area contributed by atoms with Crippen LogP contribution in [-0.4, -0.2) is 67.7 Å². The van der Waals surface area contributed by atoms with Gasteiger partial charge in [0.15, 0.2) is 0 Å². The number of urea groups is 1. The lowest BCUT2D eigenvalue weighted by atomic mass is 10.1. The number of nitrogens with one attached hydrogen (secondary N) is 1. The zero-order valence-electron chi connectivity index (χ0n) is 16.9. The van der Waals surface area contributed by atoms with Gasteiger partial charge in [-0.3, -0.25) is 4.90 Å². The van der Waals surface area contributed by atoms with Crippen LogP contribution in [0.2, 0.25) is 5.02 Å². The fraction of sp³-hybridized carbons (Fsp3) is 0.667. The van der Waals surface area contributed by atoms with Crippen molar-refractivity contribution < 1.29 is 4.79 Å². The molecule has 2 amide bonds. The third-order valence-electron chi connectivity index (χ3n) is 6.12. The van der Waals surface area contributed by atoms with Crippen LogP contribution < -0.4 is 10.2 Å². The zero-order chi connectivity index (χ0) is 19.4. The Morgan fingerprint density at radius 3 is 2.74 bits per heavy atom. The number of anilines is 1. The van der Waals surface area contributed by atoms with Crippen LogP contribution in [0, 0.1) is 12.8 Å². The number of likely N-dealkylation sites (N-methyl/N-ethyl adjacent to an activating group) is 1. The molecule has 2 heterocycles. The highest BCUT2D eigenvalue weighted by atomic mass is 35.5. The van der Waals surface area contributed by atoms with E-state index >= 15 is 0 Å². The number of amides is 2. The van der Waals surface area contributed by atoms with Gasteiger partial charge in [-0.05, 0) is 56.5 Å². The summed E-state index contributed by atoms with van der Waals surface area (Å²) in [6.07, 6.45) is 2.19. The topological polar surface area (TPSA) is 38.8 Å². The first-order chi connectivity index (χ1) is 13.0. The summed E-state index contributed by atoms with van der Waals surface area (Å²) >= 11 is 6.17. The molecule has 1 N–H and O–H groups in total. The second-order valence-electron chi connectivity index (χ2n) is 7.83. The van der Waals surface area contributed by atoms with Crippen molar-refractivity contribution in [2.24, 2.45) is 5.92 Å². The van der Waals surface area contributed by atoms with E-state index in [0.29, 0.717) is 12.0 Å². The van der Waals surface area contributed by atoms with Crippen molar-refractivity contribution >= 4 is 23.3 Å². The van der Waals surface area contributed by atoms with Crippen LogP contribution in [0.25, 0.3) is 0 Å². The fourth-order valence-corrected chi connectivity index (χ4v) is 4.62. The first-order valence-corrected chi connectivity index (χ1v) is 10.7. The van der Waals surface area contributed by atoms with Crippen LogP contribution >= 0.6 is 11.6 Å². The normalized spacial score (nSPS) is 22.7. The maximum atomic E-state index is 12.6. The van der Waals surface area contributed by atoms with Crippen LogP contribution in [0.4, 0.5) is 10.5 Å². The van der Waals surface area contributed by atoms with Gasteiger partial charge >= 0.3 is 6.03 Å².